The molecule has 1 aromatic heterocycles. The van der Waals surface area contributed by atoms with Gasteiger partial charge in [0.15, 0.2) is 0 Å². The molecule has 2 atom stereocenters. The van der Waals surface area contributed by atoms with E-state index in [0.717, 1.165) is 16.5 Å². The van der Waals surface area contributed by atoms with Gasteiger partial charge in [-0.3, -0.25) is 0 Å². The quantitative estimate of drug-likeness (QED) is 0.749. The molecule has 24 heavy (non-hydrogen) atoms. The third-order valence-corrected chi connectivity index (χ3v) is 4.06. The van der Waals surface area contributed by atoms with E-state index in [2.05, 4.69) is 22.0 Å². The zero-order valence-electron chi connectivity index (χ0n) is 13.4. The van der Waals surface area contributed by atoms with E-state index in [1.807, 2.05) is 55.7 Å². The average molecular weight is 342 g/mol. The van der Waals surface area contributed by atoms with Crippen LogP contribution in [0.5, 0.6) is 0 Å². The predicted molar refractivity (Wildman–Crippen MR) is 98.4 cm³/mol. The zero-order valence-corrected chi connectivity index (χ0v) is 14.2. The predicted octanol–water partition coefficient (Wildman–Crippen LogP) is 3.10. The maximum absolute atomic E-state index is 10.7. The lowest BCUT2D eigenvalue weighted by molar-refractivity contribution is 0.132. The van der Waals surface area contributed by atoms with Crippen LogP contribution in [0.25, 0.3) is 10.9 Å². The van der Waals surface area contributed by atoms with E-state index in [1.54, 1.807) is 6.07 Å². The highest BCUT2D eigenvalue weighted by atomic mass is 35.5. The van der Waals surface area contributed by atoms with Gasteiger partial charge in [-0.2, -0.15) is 5.26 Å². The Bertz CT molecular complexity index is 853. The number of halogens is 1. The Hall–Kier alpha value is -2.32. The van der Waals surface area contributed by atoms with Crippen LogP contribution in [0.3, 0.4) is 0 Å². The number of hydrogen-bond donors (Lipinski definition) is 2. The van der Waals surface area contributed by atoms with Gasteiger partial charge in [0.2, 0.25) is 0 Å². The molecule has 0 unspecified atom stereocenters. The van der Waals surface area contributed by atoms with Crippen molar-refractivity contribution >= 4 is 23.3 Å². The van der Waals surface area contributed by atoms with Gasteiger partial charge in [0.1, 0.15) is 0 Å². The van der Waals surface area contributed by atoms with Crippen LogP contribution in [0.4, 0.5) is 0 Å². The topological polar surface area (TPSA) is 61.0 Å². The van der Waals surface area contributed by atoms with Gasteiger partial charge in [-0.25, -0.2) is 0 Å². The maximum Gasteiger partial charge on any atom is 0.0991 e. The van der Waals surface area contributed by atoms with Gasteiger partial charge in [0.25, 0.3) is 0 Å². The maximum atomic E-state index is 10.7. The fraction of sp³-hybridized carbons (Fsp3) is 0.211. The number of aliphatic hydroxyl groups excluding tert-OH is 1. The van der Waals surface area contributed by atoms with Crippen LogP contribution in [0.1, 0.15) is 17.2 Å². The van der Waals surface area contributed by atoms with E-state index >= 15 is 0 Å². The molecule has 0 spiro atoms. The van der Waals surface area contributed by atoms with Crippen LogP contribution < -0.4 is 5.32 Å². The van der Waals surface area contributed by atoms with Crippen LogP contribution in [0.15, 0.2) is 60.8 Å². The normalized spacial score (nSPS) is 13.0. The Morgan fingerprint density at radius 1 is 1.17 bits per heavy atom. The van der Waals surface area contributed by atoms with Crippen molar-refractivity contribution in [1.29, 1.82) is 5.26 Å². The van der Waals surface area contributed by atoms with Crippen molar-refractivity contribution in [3.63, 3.8) is 0 Å². The summed E-state index contributed by atoms with van der Waals surface area (Å²) >= 11 is 0. The van der Waals surface area contributed by atoms with Crippen LogP contribution in [0.2, 0.25) is 0 Å². The number of nitrogens with zero attached hydrogens (tertiary/aromatic N) is 2. The van der Waals surface area contributed by atoms with Crippen LogP contribution >= 0.6 is 12.4 Å². The van der Waals surface area contributed by atoms with E-state index in [1.165, 1.54) is 0 Å². The highest BCUT2D eigenvalue weighted by Gasteiger charge is 2.23. The van der Waals surface area contributed by atoms with Gasteiger partial charge in [-0.1, -0.05) is 30.3 Å². The molecule has 0 fully saturated rings. The first kappa shape index (κ1) is 18.0. The molecule has 5 heteroatoms. The lowest BCUT2D eigenvalue weighted by atomic mass is 9.99. The number of likely N-dealkylation sites (N-methyl/N-ethyl adjacent to an activating group) is 1. The van der Waals surface area contributed by atoms with Crippen LogP contribution in [0, 0.1) is 11.3 Å². The van der Waals surface area contributed by atoms with Crippen molar-refractivity contribution in [2.45, 2.75) is 12.1 Å². The Balaban J connectivity index is 0.00000208. The van der Waals surface area contributed by atoms with Crippen molar-refractivity contribution in [2.75, 3.05) is 13.6 Å². The Kier molecular flexibility index (Phi) is 5.99. The van der Waals surface area contributed by atoms with Gasteiger partial charge in [-0.05, 0) is 42.3 Å². The fourth-order valence-corrected chi connectivity index (χ4v) is 3.03. The molecule has 1 heterocycles. The highest BCUT2D eigenvalue weighted by molar-refractivity contribution is 5.85. The molecule has 0 aliphatic rings. The van der Waals surface area contributed by atoms with Gasteiger partial charge in [0.05, 0.1) is 23.8 Å². The summed E-state index contributed by atoms with van der Waals surface area (Å²) in [7, 11) is 1.82. The van der Waals surface area contributed by atoms with E-state index in [0.29, 0.717) is 12.1 Å². The lowest BCUT2D eigenvalue weighted by Crippen LogP contribution is -2.33. The minimum absolute atomic E-state index is 0. The van der Waals surface area contributed by atoms with Gasteiger partial charge in [-0.15, -0.1) is 12.4 Å². The fourth-order valence-electron chi connectivity index (χ4n) is 3.03. The molecule has 0 amide bonds. The summed E-state index contributed by atoms with van der Waals surface area (Å²) in [5, 5.41) is 24.0. The van der Waals surface area contributed by atoms with Gasteiger partial charge in [0, 0.05) is 18.3 Å². The standard InChI is InChI=1S/C19H19N3O.ClH/c1-21-13-18(23)19(16-7-4-5-14(11-16)12-20)22-10-9-15-6-2-3-8-17(15)22;/h2-11,18-19,21,23H,13H2,1H3;1H/t18-,19+;/m1./s1. The molecule has 124 valence electrons. The molecule has 4 nitrogen and oxygen atoms in total. The lowest BCUT2D eigenvalue weighted by Gasteiger charge is -2.26. The van der Waals surface area contributed by atoms with E-state index in [9.17, 15) is 5.11 Å². The van der Waals surface area contributed by atoms with Crippen molar-refractivity contribution < 1.29 is 5.11 Å². The van der Waals surface area contributed by atoms with E-state index in [-0.39, 0.29) is 18.4 Å². The Morgan fingerprint density at radius 3 is 2.71 bits per heavy atom. The molecule has 0 aliphatic heterocycles. The van der Waals surface area contributed by atoms with E-state index in [4.69, 9.17) is 5.26 Å². The largest absolute Gasteiger partial charge is 0.389 e. The molecule has 2 N–H and O–H groups in total. The highest BCUT2D eigenvalue weighted by Crippen LogP contribution is 2.28. The smallest absolute Gasteiger partial charge is 0.0991 e. The van der Waals surface area contributed by atoms with E-state index < -0.39 is 6.10 Å². The monoisotopic (exact) mass is 341 g/mol. The summed E-state index contributed by atoms with van der Waals surface area (Å²) in [6.45, 7) is 0.466. The molecular weight excluding hydrogens is 322 g/mol. The minimum atomic E-state index is -0.607. The number of benzene rings is 2. The minimum Gasteiger partial charge on any atom is -0.389 e. The van der Waals surface area contributed by atoms with Crippen molar-refractivity contribution in [2.24, 2.45) is 0 Å². The molecule has 3 aromatic rings. The van der Waals surface area contributed by atoms with Crippen LogP contribution in [-0.4, -0.2) is 29.4 Å². The molecule has 0 saturated heterocycles. The summed E-state index contributed by atoms with van der Waals surface area (Å²) in [5.74, 6) is 0. The molecule has 0 aliphatic carbocycles. The zero-order chi connectivity index (χ0) is 16.2. The Morgan fingerprint density at radius 2 is 1.96 bits per heavy atom. The van der Waals surface area contributed by atoms with Crippen molar-refractivity contribution in [1.82, 2.24) is 9.88 Å². The number of hydrogen-bond acceptors (Lipinski definition) is 3. The summed E-state index contributed by atoms with van der Waals surface area (Å²) in [6.07, 6.45) is 1.39. The third kappa shape index (κ3) is 3.44. The number of aliphatic hydroxyl groups is 1. The SMILES string of the molecule is CNC[C@@H](O)[C@H](c1cccc(C#N)c1)n1ccc2ccccc21.Cl. The number of fused-ring (bicyclic) bond motifs is 1. The molecule has 0 radical (unpaired) electrons. The molecular formula is C19H20ClN3O. The number of para-hydroxylation sites is 1. The molecule has 0 bridgehead atoms. The first-order valence-corrected chi connectivity index (χ1v) is 7.63. The summed E-state index contributed by atoms with van der Waals surface area (Å²) in [5.41, 5.74) is 2.59. The molecule has 3 rings (SSSR count). The molecule has 0 saturated carbocycles. The number of nitrogens with one attached hydrogen (secondary N) is 1. The summed E-state index contributed by atoms with van der Waals surface area (Å²) in [6, 6.07) is 19.5. The summed E-state index contributed by atoms with van der Waals surface area (Å²) in [4.78, 5) is 0. The number of nitriles is 1. The first-order valence-electron chi connectivity index (χ1n) is 7.63. The number of aromatic nitrogens is 1. The first-order chi connectivity index (χ1) is 11.2. The van der Waals surface area contributed by atoms with Gasteiger partial charge >= 0.3 is 0 Å². The van der Waals surface area contributed by atoms with Gasteiger partial charge < -0.3 is 15.0 Å². The second-order valence-electron chi connectivity index (χ2n) is 5.59. The van der Waals surface area contributed by atoms with Crippen LogP contribution in [-0.2, 0) is 0 Å². The molecule has 2 aromatic carbocycles. The number of rotatable bonds is 5. The second kappa shape index (κ2) is 7.98. The second-order valence-corrected chi connectivity index (χ2v) is 5.59. The van der Waals surface area contributed by atoms with Crippen molar-refractivity contribution in [3.05, 3.63) is 71.9 Å². The average Bonchev–Trinajstić information content (AvgIpc) is 3.00. The van der Waals surface area contributed by atoms with Crippen molar-refractivity contribution in [3.8, 4) is 6.07 Å². The third-order valence-electron chi connectivity index (χ3n) is 4.06. The Labute approximate surface area is 147 Å². The summed E-state index contributed by atoms with van der Waals surface area (Å²) < 4.78 is 2.08.